The van der Waals surface area contributed by atoms with Crippen LogP contribution in [0.3, 0.4) is 0 Å². The molecule has 0 unspecified atom stereocenters. The molecule has 6 nitrogen and oxygen atoms in total. The first-order valence-corrected chi connectivity index (χ1v) is 11.6. The van der Waals surface area contributed by atoms with E-state index in [0.717, 1.165) is 22.0 Å². The molecule has 0 atom stereocenters. The zero-order valence-corrected chi connectivity index (χ0v) is 20.7. The summed E-state index contributed by atoms with van der Waals surface area (Å²) in [7, 11) is 3.17. The molecular formula is C28H27ClN2O4. The van der Waals surface area contributed by atoms with Crippen LogP contribution in [0.4, 0.5) is 0 Å². The fourth-order valence-corrected chi connectivity index (χ4v) is 4.27. The number of ether oxygens (including phenoxy) is 2. The van der Waals surface area contributed by atoms with Gasteiger partial charge in [-0.1, -0.05) is 41.4 Å². The number of fused-ring (bicyclic) bond motifs is 1. The summed E-state index contributed by atoms with van der Waals surface area (Å²) >= 11 is 6.34. The molecule has 0 aliphatic rings. The highest BCUT2D eigenvalue weighted by Gasteiger charge is 2.20. The summed E-state index contributed by atoms with van der Waals surface area (Å²) in [6.45, 7) is 2.53. The molecule has 0 spiro atoms. The van der Waals surface area contributed by atoms with Gasteiger partial charge in [0.2, 0.25) is 0 Å². The van der Waals surface area contributed by atoms with Crippen LogP contribution in [-0.2, 0) is 13.0 Å². The van der Waals surface area contributed by atoms with Gasteiger partial charge in [0.25, 0.3) is 11.5 Å². The second-order valence-corrected chi connectivity index (χ2v) is 8.77. The van der Waals surface area contributed by atoms with Crippen LogP contribution >= 0.6 is 11.6 Å². The van der Waals surface area contributed by atoms with Crippen molar-refractivity contribution in [1.29, 1.82) is 0 Å². The molecule has 0 aliphatic heterocycles. The van der Waals surface area contributed by atoms with E-state index in [2.05, 4.69) is 4.98 Å². The number of carbonyl (C=O) groups excluding carboxylic acids is 1. The lowest BCUT2D eigenvalue weighted by Gasteiger charge is -2.23. The number of hydrogen-bond acceptors (Lipinski definition) is 4. The smallest absolute Gasteiger partial charge is 0.255 e. The summed E-state index contributed by atoms with van der Waals surface area (Å²) in [5, 5.41) is 1.29. The van der Waals surface area contributed by atoms with Crippen LogP contribution in [0.2, 0.25) is 5.02 Å². The third-order valence-electron chi connectivity index (χ3n) is 5.95. The Morgan fingerprint density at radius 2 is 1.74 bits per heavy atom. The zero-order chi connectivity index (χ0) is 24.9. The van der Waals surface area contributed by atoms with Gasteiger partial charge in [-0.3, -0.25) is 9.59 Å². The van der Waals surface area contributed by atoms with E-state index in [4.69, 9.17) is 21.1 Å². The number of nitrogens with zero attached hydrogens (tertiary/aromatic N) is 1. The van der Waals surface area contributed by atoms with E-state index in [1.165, 1.54) is 0 Å². The minimum atomic E-state index is -0.236. The molecule has 4 rings (SSSR count). The summed E-state index contributed by atoms with van der Waals surface area (Å²) in [4.78, 5) is 31.0. The Hall–Kier alpha value is -3.77. The largest absolute Gasteiger partial charge is 0.493 e. The standard InChI is InChI=1S/C28H27ClN2O4/c1-18-8-10-24-20(14-18)16-21(27(32)30-24)17-31(28(33)22-6-4-5-7-23(22)29)13-12-19-9-11-25(34-2)26(15-19)35-3/h4-11,14-16H,12-13,17H2,1-3H3,(H,30,32). The highest BCUT2D eigenvalue weighted by Crippen LogP contribution is 2.28. The number of hydrogen-bond donors (Lipinski definition) is 1. The summed E-state index contributed by atoms with van der Waals surface area (Å²) in [6, 6.07) is 20.3. The van der Waals surface area contributed by atoms with E-state index in [1.807, 2.05) is 49.4 Å². The lowest BCUT2D eigenvalue weighted by Crippen LogP contribution is -2.34. The van der Waals surface area contributed by atoms with Crippen molar-refractivity contribution in [3.63, 3.8) is 0 Å². The minimum absolute atomic E-state index is 0.149. The molecule has 35 heavy (non-hydrogen) atoms. The number of pyridine rings is 1. The van der Waals surface area contributed by atoms with Crippen LogP contribution in [0.1, 0.15) is 27.0 Å². The van der Waals surface area contributed by atoms with Crippen molar-refractivity contribution >= 4 is 28.4 Å². The molecule has 1 N–H and O–H groups in total. The van der Waals surface area contributed by atoms with Gasteiger partial charge >= 0.3 is 0 Å². The van der Waals surface area contributed by atoms with Gasteiger partial charge < -0.3 is 19.4 Å². The maximum absolute atomic E-state index is 13.5. The Morgan fingerprint density at radius 1 is 0.971 bits per heavy atom. The van der Waals surface area contributed by atoms with E-state index >= 15 is 0 Å². The Balaban J connectivity index is 1.66. The number of aromatic nitrogens is 1. The van der Waals surface area contributed by atoms with Gasteiger partial charge in [0, 0.05) is 17.6 Å². The number of halogens is 1. The Kier molecular flexibility index (Phi) is 7.42. The van der Waals surface area contributed by atoms with E-state index in [9.17, 15) is 9.59 Å². The Morgan fingerprint density at radius 3 is 2.49 bits per heavy atom. The SMILES string of the molecule is COc1ccc(CCN(Cc2cc3cc(C)ccc3[nH]c2=O)C(=O)c2ccccc2Cl)cc1OC. The van der Waals surface area contributed by atoms with Crippen molar-refractivity contribution in [3.8, 4) is 11.5 Å². The number of amides is 1. The number of benzene rings is 3. The highest BCUT2D eigenvalue weighted by molar-refractivity contribution is 6.33. The minimum Gasteiger partial charge on any atom is -0.493 e. The van der Waals surface area contributed by atoms with Gasteiger partial charge in [0.1, 0.15) is 0 Å². The monoisotopic (exact) mass is 490 g/mol. The third-order valence-corrected chi connectivity index (χ3v) is 6.28. The van der Waals surface area contributed by atoms with Crippen molar-refractivity contribution < 1.29 is 14.3 Å². The molecule has 0 bridgehead atoms. The average molecular weight is 491 g/mol. The van der Waals surface area contributed by atoms with Crippen molar-refractivity contribution in [2.45, 2.75) is 19.9 Å². The summed E-state index contributed by atoms with van der Waals surface area (Å²) < 4.78 is 10.7. The number of aryl methyl sites for hydroxylation is 1. The normalized spacial score (nSPS) is 10.9. The molecule has 180 valence electrons. The van der Waals surface area contributed by atoms with Crippen molar-refractivity contribution in [1.82, 2.24) is 9.88 Å². The van der Waals surface area contributed by atoms with Crippen molar-refractivity contribution in [2.75, 3.05) is 20.8 Å². The number of methoxy groups -OCH3 is 2. The predicted octanol–water partition coefficient (Wildman–Crippen LogP) is 5.39. The molecule has 0 aliphatic carbocycles. The number of carbonyl (C=O) groups is 1. The zero-order valence-electron chi connectivity index (χ0n) is 19.9. The molecule has 0 saturated carbocycles. The van der Waals surface area contributed by atoms with Crippen molar-refractivity contribution in [3.05, 3.63) is 104 Å². The van der Waals surface area contributed by atoms with Crippen LogP contribution in [0.25, 0.3) is 10.9 Å². The van der Waals surface area contributed by atoms with Gasteiger partial charge in [-0.05, 0) is 66.8 Å². The van der Waals surface area contributed by atoms with Crippen LogP contribution in [0.5, 0.6) is 11.5 Å². The first-order chi connectivity index (χ1) is 16.9. The van der Waals surface area contributed by atoms with Gasteiger partial charge in [-0.15, -0.1) is 0 Å². The lowest BCUT2D eigenvalue weighted by molar-refractivity contribution is 0.0744. The first kappa shape index (κ1) is 24.4. The third kappa shape index (κ3) is 5.49. The second-order valence-electron chi connectivity index (χ2n) is 8.36. The van der Waals surface area contributed by atoms with Gasteiger partial charge in [0.15, 0.2) is 11.5 Å². The molecule has 0 radical (unpaired) electrons. The van der Waals surface area contributed by atoms with E-state index < -0.39 is 0 Å². The second kappa shape index (κ2) is 10.7. The molecule has 1 aromatic heterocycles. The first-order valence-electron chi connectivity index (χ1n) is 11.3. The summed E-state index contributed by atoms with van der Waals surface area (Å²) in [5.41, 5.74) is 3.52. The topological polar surface area (TPSA) is 71.6 Å². The highest BCUT2D eigenvalue weighted by atomic mass is 35.5. The fourth-order valence-electron chi connectivity index (χ4n) is 4.05. The lowest BCUT2D eigenvalue weighted by atomic mass is 10.1. The number of nitrogens with one attached hydrogen (secondary N) is 1. The van der Waals surface area contributed by atoms with E-state index in [-0.39, 0.29) is 18.0 Å². The molecule has 4 aromatic rings. The van der Waals surface area contributed by atoms with E-state index in [1.54, 1.807) is 43.4 Å². The quantitative estimate of drug-likeness (QED) is 0.359. The van der Waals surface area contributed by atoms with Gasteiger partial charge in [-0.2, -0.15) is 0 Å². The summed E-state index contributed by atoms with van der Waals surface area (Å²) in [5.74, 6) is 1.02. The number of rotatable bonds is 8. The van der Waals surface area contributed by atoms with E-state index in [0.29, 0.717) is 40.6 Å². The number of H-pyrrole nitrogens is 1. The van der Waals surface area contributed by atoms with Crippen LogP contribution in [0, 0.1) is 6.92 Å². The van der Waals surface area contributed by atoms with Crippen LogP contribution in [0.15, 0.2) is 71.5 Å². The van der Waals surface area contributed by atoms with Crippen LogP contribution in [-0.4, -0.2) is 36.6 Å². The molecule has 7 heteroatoms. The van der Waals surface area contributed by atoms with Gasteiger partial charge in [0.05, 0.1) is 31.4 Å². The molecule has 0 saturated heterocycles. The fraction of sp³-hybridized carbons (Fsp3) is 0.214. The van der Waals surface area contributed by atoms with Crippen LogP contribution < -0.4 is 15.0 Å². The Bertz CT molecular complexity index is 1430. The summed E-state index contributed by atoms with van der Waals surface area (Å²) in [6.07, 6.45) is 0.557. The molecule has 1 amide bonds. The molecule has 0 fully saturated rings. The Labute approximate surface area is 209 Å². The maximum Gasteiger partial charge on any atom is 0.255 e. The molecule has 3 aromatic carbocycles. The predicted molar refractivity (Wildman–Crippen MR) is 139 cm³/mol. The average Bonchev–Trinajstić information content (AvgIpc) is 2.86. The van der Waals surface area contributed by atoms with Gasteiger partial charge in [-0.25, -0.2) is 0 Å². The number of aromatic amines is 1. The molecular weight excluding hydrogens is 464 g/mol. The van der Waals surface area contributed by atoms with Crippen molar-refractivity contribution in [2.24, 2.45) is 0 Å². The molecule has 1 heterocycles. The maximum atomic E-state index is 13.5.